The van der Waals surface area contributed by atoms with Gasteiger partial charge < -0.3 is 4.74 Å². The Bertz CT molecular complexity index is 387. The third kappa shape index (κ3) is 3.28. The first-order valence-corrected chi connectivity index (χ1v) is 5.62. The average molecular weight is 289 g/mol. The van der Waals surface area contributed by atoms with E-state index in [1.165, 1.54) is 0 Å². The zero-order valence-corrected chi connectivity index (χ0v) is 11.4. The first kappa shape index (κ1) is 13.2. The Hall–Kier alpha value is 0.110. The van der Waals surface area contributed by atoms with Gasteiger partial charge in [0.05, 0.1) is 10.0 Å². The lowest BCUT2D eigenvalue weighted by molar-refractivity contribution is 0.124. The Balaban J connectivity index is 3.21. The van der Waals surface area contributed by atoms with E-state index in [1.807, 2.05) is 20.8 Å². The third-order valence-corrected chi connectivity index (χ3v) is 3.02. The third-order valence-electron chi connectivity index (χ3n) is 1.36. The largest absolute Gasteiger partial charge is 0.471 e. The fraction of sp³-hybridized carbons (Fsp3) is 0.444. The maximum absolute atomic E-state index is 5.91. The molecular weight excluding hydrogens is 280 g/mol. The lowest BCUT2D eigenvalue weighted by atomic mass is 10.2. The molecule has 0 aliphatic carbocycles. The van der Waals surface area contributed by atoms with Crippen LogP contribution in [0.25, 0.3) is 0 Å². The van der Waals surface area contributed by atoms with Gasteiger partial charge in [-0.2, -0.15) is 4.98 Å². The highest BCUT2D eigenvalue weighted by Crippen LogP contribution is 2.40. The van der Waals surface area contributed by atoms with Gasteiger partial charge in [0.2, 0.25) is 5.88 Å². The molecule has 2 nitrogen and oxygen atoms in total. The van der Waals surface area contributed by atoms with Crippen LogP contribution in [0.5, 0.6) is 5.88 Å². The summed E-state index contributed by atoms with van der Waals surface area (Å²) in [6.45, 7) is 5.59. The number of hydrogen-bond acceptors (Lipinski definition) is 2. The average Bonchev–Trinajstić information content (AvgIpc) is 2.08. The summed E-state index contributed by atoms with van der Waals surface area (Å²) >= 11 is 23.3. The summed E-state index contributed by atoms with van der Waals surface area (Å²) in [5.41, 5.74) is -0.433. The lowest BCUT2D eigenvalue weighted by Crippen LogP contribution is -2.23. The highest BCUT2D eigenvalue weighted by atomic mass is 35.5. The van der Waals surface area contributed by atoms with Crippen LogP contribution in [0.15, 0.2) is 0 Å². The summed E-state index contributed by atoms with van der Waals surface area (Å²) in [7, 11) is 0. The number of rotatable bonds is 1. The second-order valence-corrected chi connectivity index (χ2v) is 5.36. The van der Waals surface area contributed by atoms with E-state index in [9.17, 15) is 0 Å². The van der Waals surface area contributed by atoms with E-state index < -0.39 is 5.60 Å². The normalized spacial score (nSPS) is 11.7. The topological polar surface area (TPSA) is 22.1 Å². The Morgan fingerprint density at radius 2 is 1.47 bits per heavy atom. The van der Waals surface area contributed by atoms with Gasteiger partial charge in [-0.05, 0) is 20.8 Å². The van der Waals surface area contributed by atoms with Gasteiger partial charge in [-0.1, -0.05) is 46.4 Å². The maximum Gasteiger partial charge on any atom is 0.236 e. The van der Waals surface area contributed by atoms with E-state index in [-0.39, 0.29) is 26.1 Å². The maximum atomic E-state index is 5.91. The highest BCUT2D eigenvalue weighted by molar-refractivity contribution is 6.51. The van der Waals surface area contributed by atoms with Crippen molar-refractivity contribution in [2.24, 2.45) is 0 Å². The molecule has 0 bridgehead atoms. The number of ether oxygens (including phenoxy) is 1. The molecule has 0 atom stereocenters. The molecule has 6 heteroatoms. The molecule has 1 heterocycles. The van der Waals surface area contributed by atoms with Crippen molar-refractivity contribution < 1.29 is 4.74 Å². The summed E-state index contributed by atoms with van der Waals surface area (Å²) in [5.74, 6) is 0.184. The van der Waals surface area contributed by atoms with Gasteiger partial charge in [0.1, 0.15) is 10.6 Å². The van der Waals surface area contributed by atoms with E-state index in [4.69, 9.17) is 51.1 Å². The van der Waals surface area contributed by atoms with Crippen LogP contribution in [0.1, 0.15) is 20.8 Å². The molecule has 0 saturated heterocycles. The van der Waals surface area contributed by atoms with Gasteiger partial charge in [0, 0.05) is 0 Å². The van der Waals surface area contributed by atoms with Crippen LogP contribution in [-0.4, -0.2) is 10.6 Å². The first-order chi connectivity index (χ1) is 6.72. The van der Waals surface area contributed by atoms with Crippen molar-refractivity contribution >= 4 is 46.4 Å². The molecule has 0 N–H and O–H groups in total. The van der Waals surface area contributed by atoms with Gasteiger partial charge in [0.15, 0.2) is 5.15 Å². The summed E-state index contributed by atoms with van der Waals surface area (Å²) < 4.78 is 5.48. The van der Waals surface area contributed by atoms with Crippen LogP contribution in [0.4, 0.5) is 0 Å². The predicted octanol–water partition coefficient (Wildman–Crippen LogP) is 4.87. The van der Waals surface area contributed by atoms with Crippen LogP contribution >= 0.6 is 46.4 Å². The van der Waals surface area contributed by atoms with Crippen molar-refractivity contribution in [1.29, 1.82) is 0 Å². The van der Waals surface area contributed by atoms with Gasteiger partial charge in [-0.15, -0.1) is 0 Å². The summed E-state index contributed by atoms with van der Waals surface area (Å²) in [6.07, 6.45) is 0. The molecule has 0 fully saturated rings. The second-order valence-electron chi connectivity index (χ2n) is 3.86. The van der Waals surface area contributed by atoms with Crippen molar-refractivity contribution in [2.75, 3.05) is 0 Å². The van der Waals surface area contributed by atoms with E-state index in [0.29, 0.717) is 0 Å². The summed E-state index contributed by atoms with van der Waals surface area (Å²) in [4.78, 5) is 3.91. The molecule has 0 spiro atoms. The minimum absolute atomic E-state index is 0.0744. The summed E-state index contributed by atoms with van der Waals surface area (Å²) in [5, 5.41) is 0.522. The second kappa shape index (κ2) is 4.54. The fourth-order valence-corrected chi connectivity index (χ4v) is 1.58. The van der Waals surface area contributed by atoms with Crippen molar-refractivity contribution in [3.8, 4) is 5.88 Å². The number of hydrogen-bond donors (Lipinski definition) is 0. The summed E-state index contributed by atoms with van der Waals surface area (Å²) in [6, 6.07) is 0. The van der Waals surface area contributed by atoms with E-state index >= 15 is 0 Å². The van der Waals surface area contributed by atoms with Crippen LogP contribution in [-0.2, 0) is 0 Å². The smallest absolute Gasteiger partial charge is 0.236 e. The SMILES string of the molecule is CC(C)(C)Oc1nc(Cl)c(Cl)c(Cl)c1Cl. The molecular formula is C9H9Cl4NO. The van der Waals surface area contributed by atoms with Crippen molar-refractivity contribution in [1.82, 2.24) is 4.98 Å². The van der Waals surface area contributed by atoms with Gasteiger partial charge >= 0.3 is 0 Å². The molecule has 0 saturated carbocycles. The molecule has 0 aromatic carbocycles. The fourth-order valence-electron chi connectivity index (χ4n) is 0.826. The van der Waals surface area contributed by atoms with E-state index in [0.717, 1.165) is 0 Å². The lowest BCUT2D eigenvalue weighted by Gasteiger charge is -2.21. The molecule has 15 heavy (non-hydrogen) atoms. The molecule has 1 rings (SSSR count). The van der Waals surface area contributed by atoms with Crippen molar-refractivity contribution in [3.05, 3.63) is 20.2 Å². The standard InChI is InChI=1S/C9H9Cl4NO/c1-9(2,3)15-8-6(12)4(10)5(11)7(13)14-8/h1-3H3. The number of nitrogens with zero attached hydrogens (tertiary/aromatic N) is 1. The van der Waals surface area contributed by atoms with Crippen LogP contribution in [0.2, 0.25) is 20.2 Å². The van der Waals surface area contributed by atoms with Gasteiger partial charge in [-0.25, -0.2) is 0 Å². The minimum atomic E-state index is -0.433. The Morgan fingerprint density at radius 3 is 1.93 bits per heavy atom. The molecule has 0 unspecified atom stereocenters. The van der Waals surface area contributed by atoms with Crippen LogP contribution in [0, 0.1) is 0 Å². The molecule has 0 aliphatic rings. The van der Waals surface area contributed by atoms with Gasteiger partial charge in [0.25, 0.3) is 0 Å². The molecule has 0 amide bonds. The van der Waals surface area contributed by atoms with Crippen molar-refractivity contribution in [2.45, 2.75) is 26.4 Å². The van der Waals surface area contributed by atoms with E-state index in [1.54, 1.807) is 0 Å². The Labute approximate surface area is 108 Å². The van der Waals surface area contributed by atoms with E-state index in [2.05, 4.69) is 4.98 Å². The number of halogens is 4. The first-order valence-electron chi connectivity index (χ1n) is 4.11. The number of aromatic nitrogens is 1. The highest BCUT2D eigenvalue weighted by Gasteiger charge is 2.20. The molecule has 0 radical (unpaired) electrons. The minimum Gasteiger partial charge on any atom is -0.471 e. The van der Waals surface area contributed by atoms with Crippen LogP contribution < -0.4 is 4.74 Å². The molecule has 84 valence electrons. The quantitative estimate of drug-likeness (QED) is 0.688. The zero-order chi connectivity index (χ0) is 11.8. The molecule has 1 aromatic heterocycles. The zero-order valence-electron chi connectivity index (χ0n) is 8.37. The van der Waals surface area contributed by atoms with Crippen LogP contribution in [0.3, 0.4) is 0 Å². The van der Waals surface area contributed by atoms with Gasteiger partial charge in [-0.3, -0.25) is 0 Å². The predicted molar refractivity (Wildman–Crippen MR) is 64.7 cm³/mol. The molecule has 1 aromatic rings. The molecule has 0 aliphatic heterocycles. The Kier molecular flexibility index (Phi) is 3.99. The Morgan fingerprint density at radius 1 is 0.933 bits per heavy atom. The number of pyridine rings is 1. The monoisotopic (exact) mass is 287 g/mol. The van der Waals surface area contributed by atoms with Crippen molar-refractivity contribution in [3.63, 3.8) is 0 Å².